The molecule has 1 atom stereocenters. The van der Waals surface area contributed by atoms with E-state index in [-0.39, 0.29) is 23.1 Å². The monoisotopic (exact) mass is 373 g/mol. The van der Waals surface area contributed by atoms with Crippen molar-refractivity contribution in [2.24, 2.45) is 5.92 Å². The maximum Gasteiger partial charge on any atom is 0.255 e. The zero-order chi connectivity index (χ0) is 19.1. The van der Waals surface area contributed by atoms with Crippen LogP contribution in [-0.4, -0.2) is 22.4 Å². The molecular formula is C20H27N3O2S. The molecule has 2 aromatic rings. The summed E-state index contributed by atoms with van der Waals surface area (Å²) in [5, 5.41) is 3.61. The molecule has 0 radical (unpaired) electrons. The van der Waals surface area contributed by atoms with E-state index in [1.54, 1.807) is 6.92 Å². The van der Waals surface area contributed by atoms with E-state index < -0.39 is 0 Å². The van der Waals surface area contributed by atoms with Gasteiger partial charge in [-0.2, -0.15) is 0 Å². The Morgan fingerprint density at radius 2 is 1.92 bits per heavy atom. The molecule has 26 heavy (non-hydrogen) atoms. The highest BCUT2D eigenvalue weighted by atomic mass is 32.2. The van der Waals surface area contributed by atoms with E-state index in [1.807, 2.05) is 18.2 Å². The molecule has 0 saturated heterocycles. The van der Waals surface area contributed by atoms with E-state index in [2.05, 4.69) is 48.2 Å². The number of carbonyl (C=O) groups excluding carboxylic acids is 1. The normalized spacial score (nSPS) is 12.2. The predicted molar refractivity (Wildman–Crippen MR) is 106 cm³/mol. The minimum absolute atomic E-state index is 0.0610. The third kappa shape index (κ3) is 6.02. The summed E-state index contributed by atoms with van der Waals surface area (Å²) in [4.78, 5) is 31.8. The smallest absolute Gasteiger partial charge is 0.255 e. The van der Waals surface area contributed by atoms with Crippen LogP contribution in [0.15, 0.2) is 40.3 Å². The van der Waals surface area contributed by atoms with Crippen LogP contribution in [0.1, 0.15) is 49.3 Å². The summed E-state index contributed by atoms with van der Waals surface area (Å²) in [5.41, 5.74) is 1.98. The Bertz CT molecular complexity index is 787. The van der Waals surface area contributed by atoms with E-state index in [9.17, 15) is 9.59 Å². The molecule has 0 aliphatic carbocycles. The number of nitrogens with zero attached hydrogens (tertiary/aromatic N) is 1. The molecule has 6 heteroatoms. The maximum absolute atomic E-state index is 12.4. The van der Waals surface area contributed by atoms with Gasteiger partial charge in [0.1, 0.15) is 0 Å². The Morgan fingerprint density at radius 1 is 1.23 bits per heavy atom. The van der Waals surface area contributed by atoms with Gasteiger partial charge in [0, 0.05) is 23.1 Å². The van der Waals surface area contributed by atoms with Gasteiger partial charge in [0.05, 0.1) is 6.42 Å². The molecule has 0 saturated carbocycles. The molecule has 1 aromatic carbocycles. The van der Waals surface area contributed by atoms with Gasteiger partial charge in [-0.05, 0) is 31.7 Å². The number of thioether (sulfide) groups is 1. The van der Waals surface area contributed by atoms with Crippen LogP contribution in [0.25, 0.3) is 0 Å². The number of amides is 1. The summed E-state index contributed by atoms with van der Waals surface area (Å²) in [7, 11) is 0. The standard InChI is InChI=1S/C20H27N3O2S/c1-13(2)10-11-21-18(24)12-17-14(3)22-20(23-19(17)25)26-15(4)16-8-6-5-7-9-16/h5-9,13,15H,10-12H2,1-4H3,(H,21,24)(H,22,23,25). The van der Waals surface area contributed by atoms with E-state index in [4.69, 9.17) is 0 Å². The Morgan fingerprint density at radius 3 is 2.54 bits per heavy atom. The Kier molecular flexibility index (Phi) is 7.45. The highest BCUT2D eigenvalue weighted by molar-refractivity contribution is 7.99. The number of hydrogen-bond acceptors (Lipinski definition) is 4. The van der Waals surface area contributed by atoms with Crippen molar-refractivity contribution in [3.05, 3.63) is 57.5 Å². The quantitative estimate of drug-likeness (QED) is 0.547. The second-order valence-electron chi connectivity index (χ2n) is 6.82. The highest BCUT2D eigenvalue weighted by Gasteiger charge is 2.15. The summed E-state index contributed by atoms with van der Waals surface area (Å²) < 4.78 is 0. The molecule has 140 valence electrons. The highest BCUT2D eigenvalue weighted by Crippen LogP contribution is 2.32. The number of aromatic nitrogens is 2. The van der Waals surface area contributed by atoms with Gasteiger partial charge in [-0.25, -0.2) is 4.98 Å². The van der Waals surface area contributed by atoms with Gasteiger partial charge < -0.3 is 10.3 Å². The topological polar surface area (TPSA) is 74.8 Å². The lowest BCUT2D eigenvalue weighted by molar-refractivity contribution is -0.120. The number of carbonyl (C=O) groups is 1. The fraction of sp³-hybridized carbons (Fsp3) is 0.450. The summed E-state index contributed by atoms with van der Waals surface area (Å²) >= 11 is 1.50. The molecule has 2 rings (SSSR count). The van der Waals surface area contributed by atoms with Crippen molar-refractivity contribution in [1.82, 2.24) is 15.3 Å². The molecule has 1 heterocycles. The van der Waals surface area contributed by atoms with Gasteiger partial charge in [-0.1, -0.05) is 55.9 Å². The average Bonchev–Trinajstić information content (AvgIpc) is 2.58. The maximum atomic E-state index is 12.4. The zero-order valence-corrected chi connectivity index (χ0v) is 16.7. The first-order chi connectivity index (χ1) is 12.4. The van der Waals surface area contributed by atoms with E-state index in [0.717, 1.165) is 6.42 Å². The summed E-state index contributed by atoms with van der Waals surface area (Å²) in [5.74, 6) is 0.393. The molecule has 2 N–H and O–H groups in total. The summed E-state index contributed by atoms with van der Waals surface area (Å²) in [6.07, 6.45) is 0.984. The summed E-state index contributed by atoms with van der Waals surface area (Å²) in [6, 6.07) is 10.1. The molecule has 5 nitrogen and oxygen atoms in total. The van der Waals surface area contributed by atoms with Crippen molar-refractivity contribution in [3.63, 3.8) is 0 Å². The van der Waals surface area contributed by atoms with Crippen molar-refractivity contribution < 1.29 is 4.79 Å². The van der Waals surface area contributed by atoms with Gasteiger partial charge in [-0.15, -0.1) is 0 Å². The molecule has 0 spiro atoms. The molecule has 0 fully saturated rings. The van der Waals surface area contributed by atoms with Gasteiger partial charge >= 0.3 is 0 Å². The number of aryl methyl sites for hydroxylation is 1. The fourth-order valence-electron chi connectivity index (χ4n) is 2.53. The second kappa shape index (κ2) is 9.57. The molecule has 1 amide bonds. The number of rotatable bonds is 8. The van der Waals surface area contributed by atoms with E-state index >= 15 is 0 Å². The van der Waals surface area contributed by atoms with Crippen LogP contribution in [0.2, 0.25) is 0 Å². The SMILES string of the molecule is Cc1nc(SC(C)c2ccccc2)[nH]c(=O)c1CC(=O)NCCC(C)C. The lowest BCUT2D eigenvalue weighted by atomic mass is 10.1. The first-order valence-electron chi connectivity index (χ1n) is 8.95. The van der Waals surface area contributed by atoms with Crippen LogP contribution in [0.5, 0.6) is 0 Å². The van der Waals surface area contributed by atoms with Crippen molar-refractivity contribution in [1.29, 1.82) is 0 Å². The number of hydrogen-bond donors (Lipinski definition) is 2. The predicted octanol–water partition coefficient (Wildman–Crippen LogP) is 3.64. The second-order valence-corrected chi connectivity index (χ2v) is 8.14. The third-order valence-electron chi connectivity index (χ3n) is 4.14. The van der Waals surface area contributed by atoms with Crippen LogP contribution in [0, 0.1) is 12.8 Å². The first kappa shape index (κ1) is 20.2. The first-order valence-corrected chi connectivity index (χ1v) is 9.83. The molecular weight excluding hydrogens is 346 g/mol. The number of benzene rings is 1. The van der Waals surface area contributed by atoms with Crippen molar-refractivity contribution in [2.75, 3.05) is 6.54 Å². The van der Waals surface area contributed by atoms with Gasteiger partial charge in [-0.3, -0.25) is 9.59 Å². The van der Waals surface area contributed by atoms with Crippen LogP contribution in [-0.2, 0) is 11.2 Å². The number of nitrogens with one attached hydrogen (secondary N) is 2. The Balaban J connectivity index is 2.03. The minimum Gasteiger partial charge on any atom is -0.356 e. The van der Waals surface area contributed by atoms with Crippen LogP contribution in [0.4, 0.5) is 0 Å². The summed E-state index contributed by atoms with van der Waals surface area (Å²) in [6.45, 7) is 8.70. The molecule has 0 bridgehead atoms. The number of H-pyrrole nitrogens is 1. The van der Waals surface area contributed by atoms with Gasteiger partial charge in [0.2, 0.25) is 5.91 Å². The van der Waals surface area contributed by atoms with E-state index in [0.29, 0.717) is 28.9 Å². The molecule has 1 unspecified atom stereocenters. The molecule has 1 aromatic heterocycles. The largest absolute Gasteiger partial charge is 0.356 e. The average molecular weight is 374 g/mol. The van der Waals surface area contributed by atoms with Gasteiger partial charge in [0.25, 0.3) is 5.56 Å². The Labute approximate surface area is 159 Å². The number of aromatic amines is 1. The zero-order valence-electron chi connectivity index (χ0n) is 15.8. The molecule has 0 aliphatic rings. The minimum atomic E-state index is -0.237. The van der Waals surface area contributed by atoms with Gasteiger partial charge in [0.15, 0.2) is 5.16 Å². The lowest BCUT2D eigenvalue weighted by Crippen LogP contribution is -2.30. The Hall–Kier alpha value is -2.08. The van der Waals surface area contributed by atoms with Crippen molar-refractivity contribution in [3.8, 4) is 0 Å². The third-order valence-corrected chi connectivity index (χ3v) is 5.18. The van der Waals surface area contributed by atoms with Crippen LogP contribution in [0.3, 0.4) is 0 Å². The van der Waals surface area contributed by atoms with Crippen molar-refractivity contribution in [2.45, 2.75) is 50.9 Å². The van der Waals surface area contributed by atoms with E-state index in [1.165, 1.54) is 17.3 Å². The van der Waals surface area contributed by atoms with Crippen molar-refractivity contribution >= 4 is 17.7 Å². The fourth-order valence-corrected chi connectivity index (χ4v) is 3.50. The van der Waals surface area contributed by atoms with Crippen LogP contribution < -0.4 is 10.9 Å². The lowest BCUT2D eigenvalue weighted by Gasteiger charge is -2.12. The van der Waals surface area contributed by atoms with Crippen LogP contribution >= 0.6 is 11.8 Å². The molecule has 0 aliphatic heterocycles.